The van der Waals surface area contributed by atoms with Gasteiger partial charge < -0.3 is 10.2 Å². The van der Waals surface area contributed by atoms with Crippen molar-refractivity contribution >= 4 is 16.5 Å². The first kappa shape index (κ1) is 10.8. The van der Waals surface area contributed by atoms with Crippen LogP contribution in [0.3, 0.4) is 0 Å². The van der Waals surface area contributed by atoms with Crippen LogP contribution in [0.25, 0.3) is 0 Å². The molecule has 1 aliphatic rings. The molecule has 5 heteroatoms. The van der Waals surface area contributed by atoms with Crippen molar-refractivity contribution in [2.24, 2.45) is 5.92 Å². The Hall–Kier alpha value is -0.680. The average molecular weight is 226 g/mol. The van der Waals surface area contributed by atoms with E-state index >= 15 is 0 Å². The summed E-state index contributed by atoms with van der Waals surface area (Å²) >= 11 is 1.45. The van der Waals surface area contributed by atoms with Gasteiger partial charge in [-0.3, -0.25) is 0 Å². The van der Waals surface area contributed by atoms with Gasteiger partial charge in [-0.2, -0.15) is 0 Å². The van der Waals surface area contributed by atoms with Crippen LogP contribution in [-0.2, 0) is 6.54 Å². The summed E-state index contributed by atoms with van der Waals surface area (Å²) in [6, 6.07) is 0. The molecule has 4 nitrogen and oxygen atoms in total. The summed E-state index contributed by atoms with van der Waals surface area (Å²) in [6.07, 6.45) is 2.81. The third-order valence-electron chi connectivity index (χ3n) is 2.58. The van der Waals surface area contributed by atoms with Crippen LogP contribution >= 0.6 is 11.5 Å². The molecule has 0 spiro atoms. The van der Waals surface area contributed by atoms with Crippen LogP contribution in [-0.4, -0.2) is 34.6 Å². The number of rotatable bonds is 6. The molecule has 0 unspecified atom stereocenters. The summed E-state index contributed by atoms with van der Waals surface area (Å²) in [5, 5.41) is 8.59. The lowest BCUT2D eigenvalue weighted by Crippen LogP contribution is -2.21. The Morgan fingerprint density at radius 3 is 3.00 bits per heavy atom. The van der Waals surface area contributed by atoms with Gasteiger partial charge in [0.1, 0.15) is 10.7 Å². The zero-order valence-corrected chi connectivity index (χ0v) is 10.2. The highest BCUT2D eigenvalue weighted by atomic mass is 32.1. The molecule has 0 aromatic carbocycles. The van der Waals surface area contributed by atoms with Crippen LogP contribution in [0, 0.1) is 5.92 Å². The maximum absolute atomic E-state index is 4.17. The highest BCUT2D eigenvalue weighted by Crippen LogP contribution is 2.30. The number of hydrogen-bond acceptors (Lipinski definition) is 5. The van der Waals surface area contributed by atoms with Gasteiger partial charge in [0.25, 0.3) is 0 Å². The van der Waals surface area contributed by atoms with Gasteiger partial charge in [-0.1, -0.05) is 4.49 Å². The largest absolute Gasteiger partial charge is 0.374 e. The molecule has 1 aliphatic carbocycles. The van der Waals surface area contributed by atoms with Crippen LogP contribution in [0.4, 0.5) is 5.00 Å². The maximum Gasteiger partial charge on any atom is 0.134 e. The maximum atomic E-state index is 4.17. The van der Waals surface area contributed by atoms with Crippen LogP contribution < -0.4 is 5.32 Å². The second-order valence-corrected chi connectivity index (χ2v) is 4.97. The highest BCUT2D eigenvalue weighted by molar-refractivity contribution is 7.10. The van der Waals surface area contributed by atoms with Crippen LogP contribution in [0.1, 0.15) is 25.5 Å². The second-order valence-electron chi connectivity index (χ2n) is 4.22. The lowest BCUT2D eigenvalue weighted by Gasteiger charge is -2.15. The zero-order chi connectivity index (χ0) is 10.7. The fourth-order valence-corrected chi connectivity index (χ4v) is 2.31. The third kappa shape index (κ3) is 3.14. The van der Waals surface area contributed by atoms with E-state index in [4.69, 9.17) is 0 Å². The second kappa shape index (κ2) is 4.90. The van der Waals surface area contributed by atoms with Crippen molar-refractivity contribution in [3.63, 3.8) is 0 Å². The molecule has 1 aromatic rings. The number of anilines is 1. The molecule has 0 radical (unpaired) electrons. The van der Waals surface area contributed by atoms with Crippen LogP contribution in [0.2, 0.25) is 0 Å². The lowest BCUT2D eigenvalue weighted by molar-refractivity contribution is 0.309. The minimum atomic E-state index is 0.912. The summed E-state index contributed by atoms with van der Waals surface area (Å²) in [5.41, 5.74) is 1.09. The number of nitrogens with zero attached hydrogens (tertiary/aromatic N) is 3. The topological polar surface area (TPSA) is 41.1 Å². The molecule has 1 saturated carbocycles. The molecular formula is C10H18N4S. The molecule has 1 fully saturated rings. The van der Waals surface area contributed by atoms with Gasteiger partial charge in [-0.25, -0.2) is 0 Å². The van der Waals surface area contributed by atoms with Crippen molar-refractivity contribution in [3.8, 4) is 0 Å². The fraction of sp³-hybridized carbons (Fsp3) is 0.800. The first-order chi connectivity index (χ1) is 7.29. The Morgan fingerprint density at radius 1 is 1.53 bits per heavy atom. The van der Waals surface area contributed by atoms with Gasteiger partial charge in [0.15, 0.2) is 0 Å². The molecule has 84 valence electrons. The first-order valence-corrected chi connectivity index (χ1v) is 6.30. The molecule has 0 saturated heterocycles. The van der Waals surface area contributed by atoms with E-state index in [2.05, 4.69) is 33.8 Å². The summed E-state index contributed by atoms with van der Waals surface area (Å²) in [4.78, 5) is 2.34. The van der Waals surface area contributed by atoms with E-state index in [1.165, 1.54) is 30.9 Å². The summed E-state index contributed by atoms with van der Waals surface area (Å²) in [5.74, 6) is 0.934. The molecule has 0 bridgehead atoms. The van der Waals surface area contributed by atoms with E-state index in [-0.39, 0.29) is 0 Å². The van der Waals surface area contributed by atoms with Crippen LogP contribution in [0.5, 0.6) is 0 Å². The van der Waals surface area contributed by atoms with Gasteiger partial charge in [-0.05, 0) is 32.7 Å². The summed E-state index contributed by atoms with van der Waals surface area (Å²) in [7, 11) is 2.16. The van der Waals surface area contributed by atoms with Crippen LogP contribution in [0.15, 0.2) is 0 Å². The minimum absolute atomic E-state index is 0.912. The van der Waals surface area contributed by atoms with Crippen molar-refractivity contribution in [2.45, 2.75) is 26.3 Å². The summed E-state index contributed by atoms with van der Waals surface area (Å²) < 4.78 is 3.99. The summed E-state index contributed by atoms with van der Waals surface area (Å²) in [6.45, 7) is 5.14. The van der Waals surface area contributed by atoms with E-state index < -0.39 is 0 Å². The number of hydrogen-bond donors (Lipinski definition) is 1. The molecule has 2 rings (SSSR count). The molecule has 0 atom stereocenters. The lowest BCUT2D eigenvalue weighted by atomic mass is 10.3. The first-order valence-electron chi connectivity index (χ1n) is 5.53. The van der Waals surface area contributed by atoms with Gasteiger partial charge in [0.2, 0.25) is 0 Å². The predicted octanol–water partition coefficient (Wildman–Crippen LogP) is 1.81. The predicted molar refractivity (Wildman–Crippen MR) is 63.1 cm³/mol. The van der Waals surface area contributed by atoms with E-state index in [0.29, 0.717) is 0 Å². The molecule has 0 aliphatic heterocycles. The van der Waals surface area contributed by atoms with E-state index in [1.54, 1.807) is 0 Å². The van der Waals surface area contributed by atoms with Gasteiger partial charge >= 0.3 is 0 Å². The molecule has 15 heavy (non-hydrogen) atoms. The SMILES string of the molecule is CCNc1snnc1CN(C)CC1CC1. The van der Waals surface area contributed by atoms with Gasteiger partial charge in [-0.15, -0.1) is 5.10 Å². The van der Waals surface area contributed by atoms with Crippen molar-refractivity contribution < 1.29 is 0 Å². The van der Waals surface area contributed by atoms with Crippen molar-refractivity contribution in [1.29, 1.82) is 0 Å². The van der Waals surface area contributed by atoms with E-state index in [0.717, 1.165) is 29.7 Å². The quantitative estimate of drug-likeness (QED) is 0.803. The van der Waals surface area contributed by atoms with Crippen molar-refractivity contribution in [1.82, 2.24) is 14.5 Å². The van der Waals surface area contributed by atoms with Crippen molar-refractivity contribution in [3.05, 3.63) is 5.69 Å². The normalized spacial score (nSPS) is 15.9. The van der Waals surface area contributed by atoms with E-state index in [9.17, 15) is 0 Å². The molecule has 1 aromatic heterocycles. The fourth-order valence-electron chi connectivity index (χ4n) is 1.67. The standard InChI is InChI=1S/C10H18N4S/c1-3-11-10-9(12-13-15-10)7-14(2)6-8-4-5-8/h8,11H,3-7H2,1-2H3. The highest BCUT2D eigenvalue weighted by Gasteiger charge is 2.23. The molecule has 0 amide bonds. The van der Waals surface area contributed by atoms with Gasteiger partial charge in [0.05, 0.1) is 0 Å². The average Bonchev–Trinajstić information content (AvgIpc) is 2.90. The molecule has 1 heterocycles. The zero-order valence-electron chi connectivity index (χ0n) is 9.36. The Bertz CT molecular complexity index is 308. The Kier molecular flexibility index (Phi) is 3.53. The monoisotopic (exact) mass is 226 g/mol. The van der Waals surface area contributed by atoms with Gasteiger partial charge in [0, 0.05) is 31.2 Å². The Labute approximate surface area is 94.8 Å². The minimum Gasteiger partial charge on any atom is -0.374 e. The molecule has 1 N–H and O–H groups in total. The van der Waals surface area contributed by atoms with Crippen molar-refractivity contribution in [2.75, 3.05) is 25.5 Å². The Balaban J connectivity index is 1.87. The van der Waals surface area contributed by atoms with E-state index in [1.807, 2.05) is 0 Å². The number of nitrogens with one attached hydrogen (secondary N) is 1. The number of aromatic nitrogens is 2. The third-order valence-corrected chi connectivity index (χ3v) is 3.31. The molecular weight excluding hydrogens is 208 g/mol. The Morgan fingerprint density at radius 2 is 2.33 bits per heavy atom. The smallest absolute Gasteiger partial charge is 0.134 e.